The number of likely N-dealkylation sites (tertiary alicyclic amines) is 1. The van der Waals surface area contributed by atoms with E-state index >= 15 is 0 Å². The fourth-order valence-electron chi connectivity index (χ4n) is 4.68. The molecule has 1 aliphatic carbocycles. The Hall–Kier alpha value is -0.910. The van der Waals surface area contributed by atoms with Crippen LogP contribution in [-0.4, -0.2) is 65.9 Å². The van der Waals surface area contributed by atoms with Crippen LogP contribution in [0.25, 0.3) is 0 Å². The van der Waals surface area contributed by atoms with E-state index in [2.05, 4.69) is 32.2 Å². The standard InChI is InChI=1S/C19H29N3OS/c23-19(22-9-3-7-17(22)18-8-4-14-24-18)15-20-10-12-21(13-11-20)16-5-1-2-6-16/h4,8,14,16-17H,1-3,5-7,9-13,15H2. The average molecular weight is 348 g/mol. The lowest BCUT2D eigenvalue weighted by Gasteiger charge is -2.38. The number of carbonyl (C=O) groups is 1. The van der Waals surface area contributed by atoms with Crippen molar-refractivity contribution >= 4 is 17.2 Å². The molecule has 24 heavy (non-hydrogen) atoms. The monoisotopic (exact) mass is 347 g/mol. The zero-order valence-electron chi connectivity index (χ0n) is 14.5. The van der Waals surface area contributed by atoms with Gasteiger partial charge in [-0.1, -0.05) is 18.9 Å². The van der Waals surface area contributed by atoms with Crippen molar-refractivity contribution in [3.63, 3.8) is 0 Å². The van der Waals surface area contributed by atoms with E-state index < -0.39 is 0 Å². The highest BCUT2D eigenvalue weighted by atomic mass is 32.1. The Morgan fingerprint density at radius 3 is 2.54 bits per heavy atom. The van der Waals surface area contributed by atoms with Crippen molar-refractivity contribution in [1.29, 1.82) is 0 Å². The fourth-order valence-corrected chi connectivity index (χ4v) is 5.55. The van der Waals surface area contributed by atoms with Crippen molar-refractivity contribution in [3.05, 3.63) is 22.4 Å². The summed E-state index contributed by atoms with van der Waals surface area (Å²) in [7, 11) is 0. The summed E-state index contributed by atoms with van der Waals surface area (Å²) in [6.07, 6.45) is 7.85. The van der Waals surface area contributed by atoms with E-state index in [1.807, 2.05) is 0 Å². The number of nitrogens with zero attached hydrogens (tertiary/aromatic N) is 3. The molecule has 1 aromatic heterocycles. The quantitative estimate of drug-likeness (QED) is 0.838. The van der Waals surface area contributed by atoms with Crippen molar-refractivity contribution in [2.24, 2.45) is 0 Å². The first kappa shape index (κ1) is 16.6. The second-order valence-electron chi connectivity index (χ2n) is 7.51. The molecule has 1 unspecified atom stereocenters. The van der Waals surface area contributed by atoms with Gasteiger partial charge in [0.25, 0.3) is 0 Å². The summed E-state index contributed by atoms with van der Waals surface area (Å²) in [5, 5.41) is 2.12. The molecule has 2 saturated heterocycles. The third kappa shape index (κ3) is 3.53. The number of hydrogen-bond acceptors (Lipinski definition) is 4. The van der Waals surface area contributed by atoms with E-state index in [1.165, 1.54) is 30.6 Å². The van der Waals surface area contributed by atoms with Crippen molar-refractivity contribution in [2.75, 3.05) is 39.3 Å². The molecule has 1 atom stereocenters. The first-order valence-electron chi connectivity index (χ1n) is 9.60. The van der Waals surface area contributed by atoms with Crippen LogP contribution in [0.1, 0.15) is 49.4 Å². The van der Waals surface area contributed by atoms with Crippen LogP contribution in [0.5, 0.6) is 0 Å². The first-order chi connectivity index (χ1) is 11.8. The molecule has 3 fully saturated rings. The molecular weight excluding hydrogens is 318 g/mol. The van der Waals surface area contributed by atoms with Gasteiger partial charge in [-0.25, -0.2) is 0 Å². The second-order valence-corrected chi connectivity index (χ2v) is 8.49. The normalized spacial score (nSPS) is 27.2. The SMILES string of the molecule is O=C(CN1CCN(C2CCCC2)CC1)N1CCCC1c1cccs1. The highest BCUT2D eigenvalue weighted by Crippen LogP contribution is 2.34. The lowest BCUT2D eigenvalue weighted by atomic mass is 10.1. The third-order valence-electron chi connectivity index (χ3n) is 6.05. The van der Waals surface area contributed by atoms with Gasteiger partial charge < -0.3 is 4.90 Å². The van der Waals surface area contributed by atoms with E-state index in [0.29, 0.717) is 18.5 Å². The number of rotatable bonds is 4. The zero-order valence-corrected chi connectivity index (χ0v) is 15.3. The van der Waals surface area contributed by atoms with Crippen molar-refractivity contribution in [1.82, 2.24) is 14.7 Å². The van der Waals surface area contributed by atoms with Gasteiger partial charge in [0.1, 0.15) is 0 Å². The molecule has 3 heterocycles. The molecule has 3 aliphatic rings. The number of amides is 1. The summed E-state index contributed by atoms with van der Waals surface area (Å²) in [4.78, 5) is 21.4. The van der Waals surface area contributed by atoms with Crippen molar-refractivity contribution in [2.45, 2.75) is 50.6 Å². The number of hydrogen-bond donors (Lipinski definition) is 0. The van der Waals surface area contributed by atoms with Crippen molar-refractivity contribution in [3.8, 4) is 0 Å². The van der Waals surface area contributed by atoms with Gasteiger partial charge in [-0.15, -0.1) is 11.3 Å². The zero-order chi connectivity index (χ0) is 16.4. The van der Waals surface area contributed by atoms with Gasteiger partial charge in [0, 0.05) is 43.6 Å². The summed E-state index contributed by atoms with van der Waals surface area (Å²) in [6, 6.07) is 5.44. The molecule has 0 N–H and O–H groups in total. The number of piperazine rings is 1. The maximum absolute atomic E-state index is 12.8. The van der Waals surface area contributed by atoms with Crippen LogP contribution < -0.4 is 0 Å². The highest BCUT2D eigenvalue weighted by Gasteiger charge is 2.32. The predicted octanol–water partition coefficient (Wildman–Crippen LogP) is 2.97. The van der Waals surface area contributed by atoms with Crippen molar-refractivity contribution < 1.29 is 4.79 Å². The van der Waals surface area contributed by atoms with E-state index in [4.69, 9.17) is 0 Å². The van der Waals surface area contributed by atoms with E-state index in [-0.39, 0.29) is 0 Å². The Labute approximate surface area is 149 Å². The van der Waals surface area contributed by atoms with Crippen LogP contribution in [0.3, 0.4) is 0 Å². The van der Waals surface area contributed by atoms with Gasteiger partial charge in [-0.2, -0.15) is 0 Å². The maximum Gasteiger partial charge on any atom is 0.237 e. The number of thiophene rings is 1. The van der Waals surface area contributed by atoms with Gasteiger partial charge in [-0.05, 0) is 37.1 Å². The summed E-state index contributed by atoms with van der Waals surface area (Å²) >= 11 is 1.79. The highest BCUT2D eigenvalue weighted by molar-refractivity contribution is 7.10. The molecule has 0 radical (unpaired) electrons. The topological polar surface area (TPSA) is 26.8 Å². The Morgan fingerprint density at radius 1 is 1.04 bits per heavy atom. The van der Waals surface area contributed by atoms with Gasteiger partial charge >= 0.3 is 0 Å². The van der Waals surface area contributed by atoms with Crippen LogP contribution >= 0.6 is 11.3 Å². The molecule has 0 spiro atoms. The summed E-state index contributed by atoms with van der Waals surface area (Å²) in [6.45, 7) is 5.95. The molecule has 0 aromatic carbocycles. The minimum Gasteiger partial charge on any atom is -0.334 e. The Bertz CT molecular complexity index is 533. The second kappa shape index (κ2) is 7.54. The van der Waals surface area contributed by atoms with Gasteiger partial charge in [0.2, 0.25) is 5.91 Å². The molecule has 4 nitrogen and oxygen atoms in total. The average Bonchev–Trinajstić information content (AvgIpc) is 3.35. The van der Waals surface area contributed by atoms with Gasteiger partial charge in [0.15, 0.2) is 0 Å². The van der Waals surface area contributed by atoms with Crippen LogP contribution in [-0.2, 0) is 4.79 Å². The number of carbonyl (C=O) groups excluding carboxylic acids is 1. The van der Waals surface area contributed by atoms with E-state index in [1.54, 1.807) is 11.3 Å². The lowest BCUT2D eigenvalue weighted by Crippen LogP contribution is -2.52. The maximum atomic E-state index is 12.8. The molecule has 4 rings (SSSR count). The third-order valence-corrected chi connectivity index (χ3v) is 7.03. The minimum atomic E-state index is 0.331. The van der Waals surface area contributed by atoms with Crippen LogP contribution in [0.2, 0.25) is 0 Å². The summed E-state index contributed by atoms with van der Waals surface area (Å²) in [5.41, 5.74) is 0. The molecule has 1 amide bonds. The summed E-state index contributed by atoms with van der Waals surface area (Å²) < 4.78 is 0. The Kier molecular flexibility index (Phi) is 5.20. The fraction of sp³-hybridized carbons (Fsp3) is 0.737. The largest absolute Gasteiger partial charge is 0.334 e. The van der Waals surface area contributed by atoms with E-state index in [9.17, 15) is 4.79 Å². The molecule has 0 bridgehead atoms. The molecule has 5 heteroatoms. The summed E-state index contributed by atoms with van der Waals surface area (Å²) in [5.74, 6) is 0.334. The van der Waals surface area contributed by atoms with Gasteiger partial charge in [0.05, 0.1) is 12.6 Å². The van der Waals surface area contributed by atoms with E-state index in [0.717, 1.165) is 51.6 Å². The van der Waals surface area contributed by atoms with Gasteiger partial charge in [-0.3, -0.25) is 14.6 Å². The molecular formula is C19H29N3OS. The Morgan fingerprint density at radius 2 is 1.83 bits per heavy atom. The predicted molar refractivity (Wildman–Crippen MR) is 98.3 cm³/mol. The molecule has 1 aromatic rings. The van der Waals surface area contributed by atoms with Crippen LogP contribution in [0.15, 0.2) is 17.5 Å². The Balaban J connectivity index is 1.29. The molecule has 132 valence electrons. The lowest BCUT2D eigenvalue weighted by molar-refractivity contribution is -0.133. The molecule has 2 aliphatic heterocycles. The first-order valence-corrected chi connectivity index (χ1v) is 10.5. The molecule has 1 saturated carbocycles. The smallest absolute Gasteiger partial charge is 0.237 e. The van der Waals surface area contributed by atoms with Crippen LogP contribution in [0.4, 0.5) is 0 Å². The minimum absolute atomic E-state index is 0.331. The van der Waals surface area contributed by atoms with Crippen LogP contribution in [0, 0.1) is 0 Å².